The molecule has 1 aromatic rings. The van der Waals surface area contributed by atoms with Gasteiger partial charge in [0.25, 0.3) is 0 Å². The molecule has 1 heterocycles. The Morgan fingerprint density at radius 2 is 1.94 bits per heavy atom. The van der Waals surface area contributed by atoms with Crippen molar-refractivity contribution < 1.29 is 5.11 Å². The average Bonchev–Trinajstić information content (AvgIpc) is 2.61. The number of likely N-dealkylation sites (tertiary alicyclic amines) is 1. The first kappa shape index (κ1) is 12.4. The Morgan fingerprint density at radius 3 is 2.47 bits per heavy atom. The molecule has 1 aromatic carbocycles. The van der Waals surface area contributed by atoms with E-state index < -0.39 is 0 Å². The van der Waals surface area contributed by atoms with E-state index in [-0.39, 0.29) is 0 Å². The summed E-state index contributed by atoms with van der Waals surface area (Å²) in [5, 5.41) is 9.27. The van der Waals surface area contributed by atoms with Gasteiger partial charge < -0.3 is 5.11 Å². The number of phenolic OH excluding ortho intramolecular Hbond substituents is 1. The Hall–Kier alpha value is -1.02. The molecule has 2 rings (SSSR count). The number of aromatic hydroxyl groups is 1. The third kappa shape index (κ3) is 3.01. The van der Waals surface area contributed by atoms with Crippen molar-refractivity contribution in [3.05, 3.63) is 29.8 Å². The van der Waals surface area contributed by atoms with Gasteiger partial charge in [-0.3, -0.25) is 4.90 Å². The molecule has 0 radical (unpaired) electrons. The number of hydrogen-bond donors (Lipinski definition) is 1. The molecule has 3 atom stereocenters. The van der Waals surface area contributed by atoms with Crippen molar-refractivity contribution in [2.24, 2.45) is 5.92 Å². The molecule has 0 aliphatic carbocycles. The fraction of sp³-hybridized carbons (Fsp3) is 0.600. The summed E-state index contributed by atoms with van der Waals surface area (Å²) in [6.07, 6.45) is 2.39. The maximum atomic E-state index is 9.27. The molecule has 0 spiro atoms. The van der Waals surface area contributed by atoms with E-state index in [1.807, 2.05) is 12.1 Å². The van der Waals surface area contributed by atoms with Crippen LogP contribution in [0.2, 0.25) is 0 Å². The summed E-state index contributed by atoms with van der Waals surface area (Å²) in [5.41, 5.74) is 1.31. The van der Waals surface area contributed by atoms with Gasteiger partial charge in [0.2, 0.25) is 0 Å². The van der Waals surface area contributed by atoms with Crippen LogP contribution in [0.3, 0.4) is 0 Å². The van der Waals surface area contributed by atoms with E-state index in [1.165, 1.54) is 18.5 Å². The quantitative estimate of drug-likeness (QED) is 0.867. The van der Waals surface area contributed by atoms with E-state index in [0.29, 0.717) is 17.8 Å². The first-order valence-electron chi connectivity index (χ1n) is 6.60. The van der Waals surface area contributed by atoms with Gasteiger partial charge in [-0.25, -0.2) is 0 Å². The lowest BCUT2D eigenvalue weighted by Crippen LogP contribution is -2.37. The van der Waals surface area contributed by atoms with Crippen molar-refractivity contribution in [3.8, 4) is 5.75 Å². The summed E-state index contributed by atoms with van der Waals surface area (Å²) < 4.78 is 0. The Bertz CT molecular complexity index is 360. The standard InChI is InChI=1S/C15H23NO/c1-11-8-12(2)16(10-11)13(3)9-14-4-6-15(17)7-5-14/h4-7,11-13,17H,8-10H2,1-3H3. The summed E-state index contributed by atoms with van der Waals surface area (Å²) in [5.74, 6) is 1.18. The van der Waals surface area contributed by atoms with Crippen molar-refractivity contribution in [2.75, 3.05) is 6.54 Å². The van der Waals surface area contributed by atoms with Crippen molar-refractivity contribution in [1.29, 1.82) is 0 Å². The summed E-state index contributed by atoms with van der Waals surface area (Å²) in [4.78, 5) is 2.61. The molecule has 1 saturated heterocycles. The van der Waals surface area contributed by atoms with Crippen LogP contribution in [-0.4, -0.2) is 28.6 Å². The van der Waals surface area contributed by atoms with Gasteiger partial charge in [0.15, 0.2) is 0 Å². The summed E-state index contributed by atoms with van der Waals surface area (Å²) in [6, 6.07) is 8.89. The van der Waals surface area contributed by atoms with Crippen LogP contribution < -0.4 is 0 Å². The Balaban J connectivity index is 1.97. The van der Waals surface area contributed by atoms with Crippen molar-refractivity contribution in [3.63, 3.8) is 0 Å². The largest absolute Gasteiger partial charge is 0.508 e. The Morgan fingerprint density at radius 1 is 1.29 bits per heavy atom. The summed E-state index contributed by atoms with van der Waals surface area (Å²) in [7, 11) is 0. The van der Waals surface area contributed by atoms with Gasteiger partial charge in [-0.2, -0.15) is 0 Å². The molecule has 2 heteroatoms. The number of rotatable bonds is 3. The zero-order valence-electron chi connectivity index (χ0n) is 11.1. The minimum Gasteiger partial charge on any atom is -0.508 e. The zero-order chi connectivity index (χ0) is 12.4. The number of hydrogen-bond acceptors (Lipinski definition) is 2. The predicted molar refractivity (Wildman–Crippen MR) is 71.2 cm³/mol. The van der Waals surface area contributed by atoms with E-state index in [9.17, 15) is 5.11 Å². The van der Waals surface area contributed by atoms with Crippen molar-refractivity contribution in [1.82, 2.24) is 4.90 Å². The highest BCUT2D eigenvalue weighted by molar-refractivity contribution is 5.26. The highest BCUT2D eigenvalue weighted by Crippen LogP contribution is 2.26. The fourth-order valence-corrected chi connectivity index (χ4v) is 3.04. The molecule has 1 fully saturated rings. The number of nitrogens with zero attached hydrogens (tertiary/aromatic N) is 1. The van der Waals surface area contributed by atoms with Crippen LogP contribution in [0.1, 0.15) is 32.8 Å². The molecule has 1 aliphatic heterocycles. The van der Waals surface area contributed by atoms with Gasteiger partial charge in [-0.05, 0) is 50.3 Å². The van der Waals surface area contributed by atoms with Gasteiger partial charge >= 0.3 is 0 Å². The van der Waals surface area contributed by atoms with E-state index in [4.69, 9.17) is 0 Å². The van der Waals surface area contributed by atoms with Gasteiger partial charge in [-0.15, -0.1) is 0 Å². The smallest absolute Gasteiger partial charge is 0.115 e. The first-order chi connectivity index (χ1) is 8.06. The monoisotopic (exact) mass is 233 g/mol. The lowest BCUT2D eigenvalue weighted by molar-refractivity contribution is 0.198. The van der Waals surface area contributed by atoms with E-state index in [2.05, 4.69) is 25.7 Å². The van der Waals surface area contributed by atoms with E-state index in [0.717, 1.165) is 12.3 Å². The van der Waals surface area contributed by atoms with Crippen LogP contribution in [0.5, 0.6) is 5.75 Å². The molecule has 0 aromatic heterocycles. The molecule has 1 N–H and O–H groups in total. The van der Waals surface area contributed by atoms with Crippen LogP contribution in [-0.2, 0) is 6.42 Å². The summed E-state index contributed by atoms with van der Waals surface area (Å²) >= 11 is 0. The van der Waals surface area contributed by atoms with Crippen LogP contribution in [0.15, 0.2) is 24.3 Å². The average molecular weight is 233 g/mol. The van der Waals surface area contributed by atoms with Crippen LogP contribution in [0, 0.1) is 5.92 Å². The molecule has 17 heavy (non-hydrogen) atoms. The van der Waals surface area contributed by atoms with Gasteiger partial charge in [0.1, 0.15) is 5.75 Å². The first-order valence-corrected chi connectivity index (χ1v) is 6.60. The zero-order valence-corrected chi connectivity index (χ0v) is 11.1. The molecule has 94 valence electrons. The third-order valence-electron chi connectivity index (χ3n) is 3.87. The van der Waals surface area contributed by atoms with Gasteiger partial charge in [-0.1, -0.05) is 19.1 Å². The number of phenols is 1. The van der Waals surface area contributed by atoms with Crippen LogP contribution in [0.4, 0.5) is 0 Å². The predicted octanol–water partition coefficient (Wildman–Crippen LogP) is 3.05. The summed E-state index contributed by atoms with van der Waals surface area (Å²) in [6.45, 7) is 8.20. The number of benzene rings is 1. The molecule has 0 bridgehead atoms. The molecule has 2 nitrogen and oxygen atoms in total. The maximum Gasteiger partial charge on any atom is 0.115 e. The van der Waals surface area contributed by atoms with E-state index >= 15 is 0 Å². The minimum absolute atomic E-state index is 0.351. The Kier molecular flexibility index (Phi) is 3.72. The maximum absolute atomic E-state index is 9.27. The SMILES string of the molecule is CC1CC(C)N(C(C)Cc2ccc(O)cc2)C1. The fourth-order valence-electron chi connectivity index (χ4n) is 3.04. The molecule has 0 saturated carbocycles. The van der Waals surface area contributed by atoms with Gasteiger partial charge in [0.05, 0.1) is 0 Å². The van der Waals surface area contributed by atoms with Gasteiger partial charge in [0, 0.05) is 18.6 Å². The Labute approximate surface area is 104 Å². The molecular formula is C15H23NO. The van der Waals surface area contributed by atoms with Crippen molar-refractivity contribution in [2.45, 2.75) is 45.7 Å². The lowest BCUT2D eigenvalue weighted by Gasteiger charge is -2.28. The normalized spacial score (nSPS) is 27.2. The lowest BCUT2D eigenvalue weighted by atomic mass is 10.1. The van der Waals surface area contributed by atoms with Crippen LogP contribution in [0.25, 0.3) is 0 Å². The second-order valence-corrected chi connectivity index (χ2v) is 5.61. The second kappa shape index (κ2) is 5.09. The molecule has 3 unspecified atom stereocenters. The highest BCUT2D eigenvalue weighted by Gasteiger charge is 2.29. The minimum atomic E-state index is 0.351. The van der Waals surface area contributed by atoms with E-state index in [1.54, 1.807) is 12.1 Å². The highest BCUT2D eigenvalue weighted by atomic mass is 16.3. The topological polar surface area (TPSA) is 23.5 Å². The molecular weight excluding hydrogens is 210 g/mol. The molecule has 0 amide bonds. The molecule has 1 aliphatic rings. The van der Waals surface area contributed by atoms with Crippen LogP contribution >= 0.6 is 0 Å². The third-order valence-corrected chi connectivity index (χ3v) is 3.87. The second-order valence-electron chi connectivity index (χ2n) is 5.61. The van der Waals surface area contributed by atoms with Crippen molar-refractivity contribution >= 4 is 0 Å².